The number of halogens is 1. The average molecular weight is 387 g/mol. The van der Waals surface area contributed by atoms with Gasteiger partial charge >= 0.3 is 0 Å². The fourth-order valence-electron chi connectivity index (χ4n) is 3.31. The molecular formula is C19H19BrN2S. The van der Waals surface area contributed by atoms with Crippen molar-refractivity contribution >= 4 is 38.8 Å². The molecule has 2 nitrogen and oxygen atoms in total. The Bertz CT molecular complexity index is 791. The second-order valence-corrected chi connectivity index (χ2v) is 8.08. The van der Waals surface area contributed by atoms with Crippen molar-refractivity contribution in [2.45, 2.75) is 23.7 Å². The van der Waals surface area contributed by atoms with Gasteiger partial charge in [-0.25, -0.2) is 4.31 Å². The molecule has 1 fully saturated rings. The summed E-state index contributed by atoms with van der Waals surface area (Å²) in [5.74, 6) is 0.715. The van der Waals surface area contributed by atoms with Gasteiger partial charge in [-0.3, -0.25) is 0 Å². The number of fused-ring (bicyclic) bond motifs is 1. The Morgan fingerprint density at radius 1 is 1.04 bits per heavy atom. The summed E-state index contributed by atoms with van der Waals surface area (Å²) in [5, 5.41) is 1.26. The molecule has 23 heavy (non-hydrogen) atoms. The lowest BCUT2D eigenvalue weighted by Gasteiger charge is -2.31. The van der Waals surface area contributed by atoms with Crippen molar-refractivity contribution in [1.82, 2.24) is 9.29 Å². The van der Waals surface area contributed by atoms with E-state index in [1.807, 2.05) is 18.1 Å². The highest BCUT2D eigenvalue weighted by atomic mass is 79.9. The standard InChI is InChI=1S/C19H19BrN2S/c20-18-13-17(12-16-6-9-21-19(16)18)23-22-10-7-15(8-11-22)14-4-2-1-3-5-14/h1-6,9,12-13,15,21H,7-8,10-11H2. The van der Waals surface area contributed by atoms with Gasteiger partial charge < -0.3 is 4.98 Å². The van der Waals surface area contributed by atoms with E-state index in [0.29, 0.717) is 5.92 Å². The molecule has 1 aliphatic rings. The second-order valence-electron chi connectivity index (χ2n) is 6.05. The highest BCUT2D eigenvalue weighted by Gasteiger charge is 2.21. The third-order valence-corrected chi connectivity index (χ3v) is 6.24. The average Bonchev–Trinajstić information content (AvgIpc) is 3.05. The van der Waals surface area contributed by atoms with Crippen LogP contribution in [0.5, 0.6) is 0 Å². The second kappa shape index (κ2) is 6.71. The fraction of sp³-hybridized carbons (Fsp3) is 0.263. The first-order chi connectivity index (χ1) is 11.3. The maximum Gasteiger partial charge on any atom is 0.0599 e. The largest absolute Gasteiger partial charge is 0.360 e. The number of aromatic amines is 1. The Hall–Kier alpha value is -1.23. The Morgan fingerprint density at radius 2 is 1.83 bits per heavy atom. The van der Waals surface area contributed by atoms with E-state index in [1.165, 1.54) is 34.2 Å². The summed E-state index contributed by atoms with van der Waals surface area (Å²) in [6, 6.07) is 17.6. The highest BCUT2D eigenvalue weighted by Crippen LogP contribution is 2.35. The molecular weight excluding hydrogens is 368 g/mol. The van der Waals surface area contributed by atoms with E-state index in [4.69, 9.17) is 0 Å². The molecule has 0 aliphatic carbocycles. The lowest BCUT2D eigenvalue weighted by molar-refractivity contribution is 0.346. The molecule has 1 aromatic heterocycles. The maximum atomic E-state index is 3.67. The number of benzene rings is 2. The molecule has 2 heterocycles. The molecule has 0 radical (unpaired) electrons. The molecule has 0 amide bonds. The SMILES string of the molecule is Brc1cc(SN2CCC(c3ccccc3)CC2)cc2cc[nH]c12. The minimum atomic E-state index is 0.715. The van der Waals surface area contributed by atoms with Crippen molar-refractivity contribution in [1.29, 1.82) is 0 Å². The fourth-order valence-corrected chi connectivity index (χ4v) is 5.09. The van der Waals surface area contributed by atoms with Crippen LogP contribution in [0.2, 0.25) is 0 Å². The molecule has 3 aromatic rings. The zero-order chi connectivity index (χ0) is 15.6. The van der Waals surface area contributed by atoms with Crippen LogP contribution in [-0.2, 0) is 0 Å². The molecule has 4 heteroatoms. The van der Waals surface area contributed by atoms with Gasteiger partial charge in [-0.05, 0) is 70.4 Å². The third kappa shape index (κ3) is 3.35. The maximum absolute atomic E-state index is 3.67. The van der Waals surface area contributed by atoms with Crippen molar-refractivity contribution < 1.29 is 0 Å². The monoisotopic (exact) mass is 386 g/mol. The predicted octanol–water partition coefficient (Wildman–Crippen LogP) is 5.82. The van der Waals surface area contributed by atoms with E-state index >= 15 is 0 Å². The predicted molar refractivity (Wildman–Crippen MR) is 102 cm³/mol. The molecule has 1 saturated heterocycles. The topological polar surface area (TPSA) is 19.0 Å². The van der Waals surface area contributed by atoms with Gasteiger partial charge in [0.1, 0.15) is 0 Å². The van der Waals surface area contributed by atoms with Crippen LogP contribution in [-0.4, -0.2) is 22.4 Å². The van der Waals surface area contributed by atoms with Crippen molar-refractivity contribution in [3.8, 4) is 0 Å². The first-order valence-electron chi connectivity index (χ1n) is 8.04. The van der Waals surface area contributed by atoms with Crippen LogP contribution in [0.15, 0.2) is 64.1 Å². The number of nitrogens with zero attached hydrogens (tertiary/aromatic N) is 1. The molecule has 1 aliphatic heterocycles. The van der Waals surface area contributed by atoms with E-state index in [1.54, 1.807) is 0 Å². The Kier molecular flexibility index (Phi) is 4.47. The van der Waals surface area contributed by atoms with E-state index in [0.717, 1.165) is 17.6 Å². The van der Waals surface area contributed by atoms with Crippen molar-refractivity contribution in [3.05, 3.63) is 64.8 Å². The van der Waals surface area contributed by atoms with Gasteiger partial charge in [0.05, 0.1) is 5.52 Å². The van der Waals surface area contributed by atoms with Gasteiger partial charge in [-0.2, -0.15) is 0 Å². The smallest absolute Gasteiger partial charge is 0.0599 e. The lowest BCUT2D eigenvalue weighted by Crippen LogP contribution is -2.27. The van der Waals surface area contributed by atoms with E-state index in [-0.39, 0.29) is 0 Å². The molecule has 0 unspecified atom stereocenters. The summed E-state index contributed by atoms with van der Waals surface area (Å²) >= 11 is 5.55. The number of nitrogens with one attached hydrogen (secondary N) is 1. The summed E-state index contributed by atoms with van der Waals surface area (Å²) in [6.45, 7) is 2.29. The van der Waals surface area contributed by atoms with Crippen LogP contribution in [0.3, 0.4) is 0 Å². The van der Waals surface area contributed by atoms with Crippen LogP contribution in [0.1, 0.15) is 24.3 Å². The van der Waals surface area contributed by atoms with Crippen LogP contribution in [0, 0.1) is 0 Å². The third-order valence-electron chi connectivity index (χ3n) is 4.54. The summed E-state index contributed by atoms with van der Waals surface area (Å²) in [6.07, 6.45) is 4.48. The molecule has 2 aromatic carbocycles. The highest BCUT2D eigenvalue weighted by molar-refractivity contribution is 9.10. The van der Waals surface area contributed by atoms with Gasteiger partial charge in [0.2, 0.25) is 0 Å². The minimum Gasteiger partial charge on any atom is -0.360 e. The number of aromatic nitrogens is 1. The molecule has 0 saturated carbocycles. The normalized spacial score (nSPS) is 16.9. The molecule has 4 rings (SSSR count). The zero-order valence-electron chi connectivity index (χ0n) is 12.8. The van der Waals surface area contributed by atoms with E-state index < -0.39 is 0 Å². The molecule has 0 atom stereocenters. The van der Waals surface area contributed by atoms with Gasteiger partial charge in [0, 0.05) is 34.0 Å². The minimum absolute atomic E-state index is 0.715. The Labute approximate surface area is 149 Å². The molecule has 118 valence electrons. The van der Waals surface area contributed by atoms with Crippen LogP contribution >= 0.6 is 27.9 Å². The summed E-state index contributed by atoms with van der Waals surface area (Å²) in [5.41, 5.74) is 2.67. The molecule has 0 bridgehead atoms. The number of hydrogen-bond donors (Lipinski definition) is 1. The first-order valence-corrected chi connectivity index (χ1v) is 9.61. The van der Waals surface area contributed by atoms with Crippen LogP contribution < -0.4 is 0 Å². The van der Waals surface area contributed by atoms with Gasteiger partial charge in [0.25, 0.3) is 0 Å². The van der Waals surface area contributed by atoms with Gasteiger partial charge in [-0.15, -0.1) is 0 Å². The van der Waals surface area contributed by atoms with Gasteiger partial charge in [0.15, 0.2) is 0 Å². The number of H-pyrrole nitrogens is 1. The number of hydrogen-bond acceptors (Lipinski definition) is 2. The summed E-state index contributed by atoms with van der Waals surface area (Å²) < 4.78 is 3.64. The first kappa shape index (κ1) is 15.3. The van der Waals surface area contributed by atoms with Crippen LogP contribution in [0.25, 0.3) is 10.9 Å². The molecule has 1 N–H and O–H groups in total. The summed E-state index contributed by atoms with van der Waals surface area (Å²) in [7, 11) is 0. The van der Waals surface area contributed by atoms with Crippen molar-refractivity contribution in [2.75, 3.05) is 13.1 Å². The lowest BCUT2D eigenvalue weighted by atomic mass is 9.90. The van der Waals surface area contributed by atoms with Crippen molar-refractivity contribution in [3.63, 3.8) is 0 Å². The summed E-state index contributed by atoms with van der Waals surface area (Å²) in [4.78, 5) is 4.58. The van der Waals surface area contributed by atoms with Crippen molar-refractivity contribution in [2.24, 2.45) is 0 Å². The van der Waals surface area contributed by atoms with Crippen LogP contribution in [0.4, 0.5) is 0 Å². The van der Waals surface area contributed by atoms with E-state index in [9.17, 15) is 0 Å². The van der Waals surface area contributed by atoms with E-state index in [2.05, 4.69) is 73.8 Å². The molecule has 0 spiro atoms. The Morgan fingerprint density at radius 3 is 2.61 bits per heavy atom. The van der Waals surface area contributed by atoms with Gasteiger partial charge in [-0.1, -0.05) is 30.3 Å². The Balaban J connectivity index is 1.42. The number of piperidine rings is 1. The quantitative estimate of drug-likeness (QED) is 0.572. The zero-order valence-corrected chi connectivity index (χ0v) is 15.2. The number of rotatable bonds is 3.